The third kappa shape index (κ3) is 4.41. The normalized spacial score (nSPS) is 23.0. The van der Waals surface area contributed by atoms with Gasteiger partial charge in [0.15, 0.2) is 10.9 Å². The third-order valence-electron chi connectivity index (χ3n) is 8.61. The van der Waals surface area contributed by atoms with Gasteiger partial charge in [-0.25, -0.2) is 18.2 Å². The second kappa shape index (κ2) is 9.83. The van der Waals surface area contributed by atoms with Crippen LogP contribution in [0.4, 0.5) is 37.3 Å². The van der Waals surface area contributed by atoms with Gasteiger partial charge in [0, 0.05) is 42.6 Å². The summed E-state index contributed by atoms with van der Waals surface area (Å²) in [5, 5.41) is -0.178. The summed E-state index contributed by atoms with van der Waals surface area (Å²) in [5.74, 6) is -1.84. The SMILES string of the molecule is Nc1nc2c(-c3c(C(F)(F)F)cc4c(N5CCCC5)nc(OC[C@@]56CCCN5C[C@H](F)C6)nc4c3F)ccc(F)c2s1. The predicted molar refractivity (Wildman–Crippen MR) is 147 cm³/mol. The maximum absolute atomic E-state index is 16.6. The molecular formula is C28H26F6N6OS. The van der Waals surface area contributed by atoms with Crippen LogP contribution in [-0.2, 0) is 6.18 Å². The van der Waals surface area contributed by atoms with E-state index in [0.29, 0.717) is 26.1 Å². The maximum atomic E-state index is 16.6. The van der Waals surface area contributed by atoms with Crippen LogP contribution < -0.4 is 15.4 Å². The molecule has 2 aromatic carbocycles. The number of hydrogen-bond donors (Lipinski definition) is 1. The highest BCUT2D eigenvalue weighted by Gasteiger charge is 2.49. The van der Waals surface area contributed by atoms with Gasteiger partial charge in [-0.15, -0.1) is 0 Å². The summed E-state index contributed by atoms with van der Waals surface area (Å²) >= 11 is 0.763. The molecule has 3 fully saturated rings. The lowest BCUT2D eigenvalue weighted by molar-refractivity contribution is -0.137. The van der Waals surface area contributed by atoms with Gasteiger partial charge in [0.1, 0.15) is 29.9 Å². The second-order valence-corrected chi connectivity index (χ2v) is 12.3. The molecule has 0 radical (unpaired) electrons. The molecule has 2 N–H and O–H groups in total. The van der Waals surface area contributed by atoms with E-state index in [4.69, 9.17) is 10.5 Å². The van der Waals surface area contributed by atoms with Gasteiger partial charge in [0.2, 0.25) is 0 Å². The molecule has 0 amide bonds. The highest BCUT2D eigenvalue weighted by atomic mass is 32.1. The summed E-state index contributed by atoms with van der Waals surface area (Å²) in [6.07, 6.45) is -2.46. The molecule has 3 aliphatic heterocycles. The Morgan fingerprint density at radius 1 is 1.05 bits per heavy atom. The number of fused-ring (bicyclic) bond motifs is 3. The standard InChI is InChI=1S/C28H26F6N6OS/c29-14-11-27(6-3-9-40(27)12-14)13-41-26-37-21-16(24(38-26)39-7-1-2-8-39)10-17(28(32,33)34)19(20(21)31)15-4-5-18(30)23-22(15)36-25(35)42-23/h4-5,10,14H,1-3,6-9,11-13H2,(H2,35,36)/t14-,27+/m1/s1. The van der Waals surface area contributed by atoms with Gasteiger partial charge in [-0.3, -0.25) is 4.90 Å². The summed E-state index contributed by atoms with van der Waals surface area (Å²) in [6.45, 7) is 2.17. The number of hydrogen-bond acceptors (Lipinski definition) is 8. The first-order valence-corrected chi connectivity index (χ1v) is 14.6. The Bertz CT molecular complexity index is 1710. The van der Waals surface area contributed by atoms with Crippen molar-refractivity contribution in [2.24, 2.45) is 0 Å². The summed E-state index contributed by atoms with van der Waals surface area (Å²) in [4.78, 5) is 16.6. The molecule has 4 aromatic rings. The van der Waals surface area contributed by atoms with Gasteiger partial charge in [0.25, 0.3) is 0 Å². The fourth-order valence-corrected chi connectivity index (χ4v) is 7.52. The van der Waals surface area contributed by atoms with Crippen molar-refractivity contribution in [3.05, 3.63) is 35.4 Å². The first-order chi connectivity index (χ1) is 20.0. The summed E-state index contributed by atoms with van der Waals surface area (Å²) < 4.78 is 95.0. The van der Waals surface area contributed by atoms with Gasteiger partial charge < -0.3 is 15.4 Å². The molecule has 0 spiro atoms. The van der Waals surface area contributed by atoms with Crippen LogP contribution in [0.25, 0.3) is 32.2 Å². The molecule has 42 heavy (non-hydrogen) atoms. The van der Waals surface area contributed by atoms with E-state index in [1.807, 2.05) is 4.90 Å². The fraction of sp³-hybridized carbons (Fsp3) is 0.464. The van der Waals surface area contributed by atoms with Crippen LogP contribution in [-0.4, -0.2) is 64.3 Å². The van der Waals surface area contributed by atoms with Crippen molar-refractivity contribution in [1.82, 2.24) is 19.9 Å². The lowest BCUT2D eigenvalue weighted by atomic mass is 9.95. The van der Waals surface area contributed by atoms with E-state index in [9.17, 15) is 22.0 Å². The van der Waals surface area contributed by atoms with Crippen LogP contribution in [0.5, 0.6) is 6.01 Å². The van der Waals surface area contributed by atoms with E-state index in [2.05, 4.69) is 15.0 Å². The molecule has 222 valence electrons. The lowest BCUT2D eigenvalue weighted by Gasteiger charge is -2.31. The van der Waals surface area contributed by atoms with Gasteiger partial charge in [-0.1, -0.05) is 11.3 Å². The molecule has 0 bridgehead atoms. The zero-order valence-electron chi connectivity index (χ0n) is 22.3. The minimum atomic E-state index is -4.97. The predicted octanol–water partition coefficient (Wildman–Crippen LogP) is 6.34. The van der Waals surface area contributed by atoms with E-state index in [1.165, 1.54) is 0 Å². The van der Waals surface area contributed by atoms with Crippen molar-refractivity contribution >= 4 is 43.4 Å². The molecule has 3 aliphatic rings. The Hall–Kier alpha value is -3.39. The molecule has 3 saturated heterocycles. The smallest absolute Gasteiger partial charge is 0.417 e. The molecule has 0 unspecified atom stereocenters. The molecule has 5 heterocycles. The van der Waals surface area contributed by atoms with E-state index >= 15 is 4.39 Å². The van der Waals surface area contributed by atoms with Gasteiger partial charge >= 0.3 is 12.2 Å². The van der Waals surface area contributed by atoms with Gasteiger partial charge in [-0.2, -0.15) is 23.1 Å². The zero-order chi connectivity index (χ0) is 29.4. The second-order valence-electron chi connectivity index (χ2n) is 11.2. The van der Waals surface area contributed by atoms with Crippen LogP contribution in [0.15, 0.2) is 18.2 Å². The van der Waals surface area contributed by atoms with Crippen molar-refractivity contribution < 1.29 is 31.1 Å². The number of nitrogens with zero attached hydrogens (tertiary/aromatic N) is 5. The van der Waals surface area contributed by atoms with E-state index < -0.39 is 40.6 Å². The third-order valence-corrected chi connectivity index (χ3v) is 9.51. The quantitative estimate of drug-likeness (QED) is 0.265. The van der Waals surface area contributed by atoms with E-state index in [1.54, 1.807) is 4.90 Å². The minimum Gasteiger partial charge on any atom is -0.461 e. The molecular weight excluding hydrogens is 582 g/mol. The van der Waals surface area contributed by atoms with Crippen LogP contribution in [0, 0.1) is 11.6 Å². The number of alkyl halides is 4. The Kier molecular flexibility index (Phi) is 6.42. The molecule has 14 heteroatoms. The van der Waals surface area contributed by atoms with Crippen LogP contribution >= 0.6 is 11.3 Å². The molecule has 7 nitrogen and oxygen atoms in total. The first kappa shape index (κ1) is 27.4. The Morgan fingerprint density at radius 2 is 1.83 bits per heavy atom. The summed E-state index contributed by atoms with van der Waals surface area (Å²) in [5.41, 5.74) is 2.37. The molecule has 2 atom stereocenters. The van der Waals surface area contributed by atoms with Crippen molar-refractivity contribution in [2.45, 2.75) is 50.0 Å². The van der Waals surface area contributed by atoms with Crippen molar-refractivity contribution in [1.29, 1.82) is 0 Å². The average molecular weight is 609 g/mol. The number of aromatic nitrogens is 3. The zero-order valence-corrected chi connectivity index (χ0v) is 23.1. The highest BCUT2D eigenvalue weighted by Crippen LogP contribution is 2.46. The Balaban J connectivity index is 1.42. The topological polar surface area (TPSA) is 80.4 Å². The van der Waals surface area contributed by atoms with Crippen LogP contribution in [0.3, 0.4) is 0 Å². The minimum absolute atomic E-state index is 0.0665. The number of rotatable bonds is 5. The Morgan fingerprint density at radius 3 is 2.60 bits per heavy atom. The number of benzene rings is 2. The summed E-state index contributed by atoms with van der Waals surface area (Å²) in [7, 11) is 0. The van der Waals surface area contributed by atoms with E-state index in [-0.39, 0.29) is 50.2 Å². The van der Waals surface area contributed by atoms with Crippen LogP contribution in [0.2, 0.25) is 0 Å². The number of thiazole rings is 1. The number of ether oxygens (including phenoxy) is 1. The number of anilines is 2. The molecule has 7 rings (SSSR count). The Labute approximate surface area is 240 Å². The summed E-state index contributed by atoms with van der Waals surface area (Å²) in [6, 6.07) is 2.69. The number of nitrogen functional groups attached to an aromatic ring is 1. The van der Waals surface area contributed by atoms with Crippen molar-refractivity contribution in [2.75, 3.05) is 43.4 Å². The number of halogens is 6. The van der Waals surface area contributed by atoms with Crippen molar-refractivity contribution in [3.63, 3.8) is 0 Å². The monoisotopic (exact) mass is 608 g/mol. The lowest BCUT2D eigenvalue weighted by Crippen LogP contribution is -2.43. The largest absolute Gasteiger partial charge is 0.461 e. The molecule has 2 aromatic heterocycles. The molecule has 0 saturated carbocycles. The van der Waals surface area contributed by atoms with Crippen molar-refractivity contribution in [3.8, 4) is 17.1 Å². The maximum Gasteiger partial charge on any atom is 0.417 e. The van der Waals surface area contributed by atoms with Gasteiger partial charge in [0.05, 0.1) is 21.3 Å². The van der Waals surface area contributed by atoms with Gasteiger partial charge in [-0.05, 0) is 50.4 Å². The highest BCUT2D eigenvalue weighted by molar-refractivity contribution is 7.22. The molecule has 0 aliphatic carbocycles. The average Bonchev–Trinajstić information content (AvgIpc) is 3.72. The van der Waals surface area contributed by atoms with E-state index in [0.717, 1.165) is 61.8 Å². The van der Waals surface area contributed by atoms with Crippen LogP contribution in [0.1, 0.15) is 37.7 Å². The first-order valence-electron chi connectivity index (χ1n) is 13.8. The number of nitrogens with two attached hydrogens (primary N) is 1. The fourth-order valence-electron chi connectivity index (χ4n) is 6.75.